The minimum absolute atomic E-state index is 0.154. The average Bonchev–Trinajstić information content (AvgIpc) is 2.92. The van der Waals surface area contributed by atoms with Crippen LogP contribution in [0.2, 0.25) is 0 Å². The molecule has 0 bridgehead atoms. The lowest BCUT2D eigenvalue weighted by atomic mass is 9.99. The molecule has 2 heterocycles. The Kier molecular flexibility index (Phi) is 4.53. The summed E-state index contributed by atoms with van der Waals surface area (Å²) in [6.45, 7) is -0.154. The highest BCUT2D eigenvalue weighted by Crippen LogP contribution is 2.27. The van der Waals surface area contributed by atoms with Crippen LogP contribution >= 0.6 is 11.9 Å². The minimum atomic E-state index is -1.51. The van der Waals surface area contributed by atoms with Gasteiger partial charge in [-0.3, -0.25) is 4.29 Å². The fraction of sp³-hybridized carbons (Fsp3) is 0.429. The summed E-state index contributed by atoms with van der Waals surface area (Å²) in [4.78, 5) is 3.02. The summed E-state index contributed by atoms with van der Waals surface area (Å²) in [5, 5.41) is 30.8. The van der Waals surface area contributed by atoms with E-state index in [0.29, 0.717) is 5.88 Å². The third-order valence-corrected chi connectivity index (χ3v) is 3.78. The molecule has 22 heavy (non-hydrogen) atoms. The van der Waals surface area contributed by atoms with Crippen molar-refractivity contribution in [2.24, 2.45) is 0 Å². The van der Waals surface area contributed by atoms with Crippen LogP contribution in [0.15, 0.2) is 30.3 Å². The molecule has 1 aromatic carbocycles. The number of ether oxygens (including phenoxy) is 2. The summed E-state index contributed by atoms with van der Waals surface area (Å²) in [7, 11) is 0. The molecule has 3 rings (SSSR count). The Morgan fingerprint density at radius 1 is 1.18 bits per heavy atom. The van der Waals surface area contributed by atoms with Crippen LogP contribution in [0.5, 0.6) is 5.88 Å². The molecule has 4 N–H and O–H groups in total. The molecule has 0 aliphatic carbocycles. The Bertz CT molecular complexity index is 602. The Hall–Kier alpha value is -1.35. The quantitative estimate of drug-likeness (QED) is 0.652. The largest absolute Gasteiger partial charge is 0.470 e. The first-order valence-corrected chi connectivity index (χ1v) is 7.08. The van der Waals surface area contributed by atoms with E-state index in [1.54, 1.807) is 6.07 Å². The van der Waals surface area contributed by atoms with Gasteiger partial charge in [-0.25, -0.2) is 0 Å². The van der Waals surface area contributed by atoms with Crippen LogP contribution < -0.4 is 4.74 Å². The molecule has 8 heteroatoms. The van der Waals surface area contributed by atoms with Gasteiger partial charge in [0.2, 0.25) is 0 Å². The lowest BCUT2D eigenvalue weighted by Crippen LogP contribution is -2.60. The molecule has 1 aliphatic heterocycles. The van der Waals surface area contributed by atoms with Crippen LogP contribution in [0.3, 0.4) is 0 Å². The molecule has 7 nitrogen and oxygen atoms in total. The van der Waals surface area contributed by atoms with Gasteiger partial charge < -0.3 is 29.8 Å². The summed E-state index contributed by atoms with van der Waals surface area (Å²) < 4.78 is 15.1. The zero-order valence-electron chi connectivity index (χ0n) is 11.4. The molecule has 5 atom stereocenters. The summed E-state index contributed by atoms with van der Waals surface area (Å²) in [5.74, 6) is 0.365. The number of aromatic nitrogens is 1. The van der Waals surface area contributed by atoms with E-state index in [9.17, 15) is 15.3 Å². The molecular weight excluding hydrogens is 314 g/mol. The van der Waals surface area contributed by atoms with Crippen LogP contribution in [0.4, 0.5) is 0 Å². The van der Waals surface area contributed by atoms with Gasteiger partial charge in [0.15, 0.2) is 18.3 Å². The second-order valence-electron chi connectivity index (χ2n) is 5.13. The Morgan fingerprint density at radius 3 is 2.68 bits per heavy atom. The van der Waals surface area contributed by atoms with Crippen molar-refractivity contribution >= 4 is 22.8 Å². The molecule has 1 fully saturated rings. The Labute approximate surface area is 131 Å². The fourth-order valence-electron chi connectivity index (χ4n) is 2.51. The van der Waals surface area contributed by atoms with Crippen LogP contribution in [0, 0.1) is 0 Å². The Morgan fingerprint density at radius 2 is 1.95 bits per heavy atom. The van der Waals surface area contributed by atoms with Crippen molar-refractivity contribution < 1.29 is 29.1 Å². The van der Waals surface area contributed by atoms with Crippen molar-refractivity contribution in [3.8, 4) is 5.88 Å². The number of halogens is 1. The van der Waals surface area contributed by atoms with Crippen molar-refractivity contribution in [2.45, 2.75) is 30.7 Å². The van der Waals surface area contributed by atoms with Crippen molar-refractivity contribution in [3.05, 3.63) is 30.3 Å². The van der Waals surface area contributed by atoms with E-state index >= 15 is 0 Å². The number of fused-ring (bicyclic) bond motifs is 1. The van der Waals surface area contributed by atoms with Crippen LogP contribution in [0.1, 0.15) is 0 Å². The van der Waals surface area contributed by atoms with Gasteiger partial charge in [-0.15, -0.1) is 0 Å². The predicted molar refractivity (Wildman–Crippen MR) is 77.4 cm³/mol. The topological polar surface area (TPSA) is 104 Å². The van der Waals surface area contributed by atoms with Crippen molar-refractivity contribution in [1.82, 2.24) is 4.98 Å². The lowest BCUT2D eigenvalue weighted by Gasteiger charge is -2.39. The van der Waals surface area contributed by atoms with Gasteiger partial charge in [0.1, 0.15) is 18.3 Å². The number of para-hydroxylation sites is 1. The molecule has 0 amide bonds. The summed E-state index contributed by atoms with van der Waals surface area (Å²) in [6, 6.07) is 9.27. The minimum Gasteiger partial charge on any atom is -0.470 e. The monoisotopic (exact) mass is 329 g/mol. The van der Waals surface area contributed by atoms with Gasteiger partial charge in [-0.2, -0.15) is 0 Å². The van der Waals surface area contributed by atoms with Gasteiger partial charge in [0.25, 0.3) is 0 Å². The molecular formula is C14H16ClNO6. The highest BCUT2D eigenvalue weighted by molar-refractivity contribution is 6.07. The van der Waals surface area contributed by atoms with Gasteiger partial charge in [-0.05, 0) is 6.07 Å². The molecule has 0 unspecified atom stereocenters. The van der Waals surface area contributed by atoms with Crippen molar-refractivity contribution in [2.75, 3.05) is 6.61 Å². The van der Waals surface area contributed by atoms with Crippen LogP contribution in [-0.4, -0.2) is 57.6 Å². The number of hydrogen-bond acceptors (Lipinski definition) is 6. The molecule has 1 aromatic heterocycles. The summed E-state index contributed by atoms with van der Waals surface area (Å²) >= 11 is 5.16. The zero-order chi connectivity index (χ0) is 15.7. The van der Waals surface area contributed by atoms with E-state index in [0.717, 1.165) is 10.9 Å². The van der Waals surface area contributed by atoms with Gasteiger partial charge >= 0.3 is 0 Å². The van der Waals surface area contributed by atoms with Crippen LogP contribution in [0.25, 0.3) is 10.9 Å². The van der Waals surface area contributed by atoms with E-state index < -0.39 is 30.7 Å². The smallest absolute Gasteiger partial charge is 0.192 e. The SMILES string of the molecule is O[C@@H]1[C@@H](Oc2cc3ccccc3[nH]2)[C@H](O)[C@@H](COCl)O[C@@H]1O. The standard InChI is InChI=1S/C14H16ClNO6/c15-20-6-9-11(17)13(12(18)14(19)21-9)22-10-5-7-3-1-2-4-8(7)16-10/h1-5,9,11-14,16-19H,6H2/t9-,11-,12-,13+,14+/m1/s1. The number of benzene rings is 1. The van der Waals surface area contributed by atoms with Crippen LogP contribution in [-0.2, 0) is 9.03 Å². The lowest BCUT2D eigenvalue weighted by molar-refractivity contribution is -0.280. The number of aromatic amines is 1. The van der Waals surface area contributed by atoms with E-state index in [-0.39, 0.29) is 6.61 Å². The zero-order valence-corrected chi connectivity index (χ0v) is 12.2. The fourth-order valence-corrected chi connectivity index (χ4v) is 2.64. The first kappa shape index (κ1) is 15.5. The molecule has 1 aliphatic rings. The van der Waals surface area contributed by atoms with Gasteiger partial charge in [0.05, 0.1) is 18.5 Å². The highest BCUT2D eigenvalue weighted by Gasteiger charge is 2.45. The highest BCUT2D eigenvalue weighted by atomic mass is 35.5. The molecule has 0 radical (unpaired) electrons. The average molecular weight is 330 g/mol. The number of rotatable bonds is 4. The maximum Gasteiger partial charge on any atom is 0.192 e. The van der Waals surface area contributed by atoms with Crippen molar-refractivity contribution in [1.29, 1.82) is 0 Å². The normalized spacial score (nSPS) is 32.3. The molecule has 1 saturated heterocycles. The third kappa shape index (κ3) is 2.91. The maximum absolute atomic E-state index is 10.2. The molecule has 0 saturated carbocycles. The molecule has 0 spiro atoms. The molecule has 120 valence electrons. The number of hydrogen-bond donors (Lipinski definition) is 4. The predicted octanol–water partition coefficient (Wildman–Crippen LogP) is 0.525. The van der Waals surface area contributed by atoms with Gasteiger partial charge in [-0.1, -0.05) is 18.2 Å². The first-order chi connectivity index (χ1) is 10.6. The van der Waals surface area contributed by atoms with E-state index in [2.05, 4.69) is 9.27 Å². The van der Waals surface area contributed by atoms with Crippen molar-refractivity contribution in [3.63, 3.8) is 0 Å². The second-order valence-corrected chi connectivity index (χ2v) is 5.34. The third-order valence-electron chi connectivity index (χ3n) is 3.66. The Balaban J connectivity index is 1.81. The second kappa shape index (κ2) is 6.41. The van der Waals surface area contributed by atoms with E-state index in [1.165, 1.54) is 0 Å². The maximum atomic E-state index is 10.2. The number of aliphatic hydroxyl groups is 3. The van der Waals surface area contributed by atoms with Gasteiger partial charge in [0, 0.05) is 17.0 Å². The van der Waals surface area contributed by atoms with E-state index in [1.807, 2.05) is 24.3 Å². The number of nitrogens with one attached hydrogen (secondary N) is 1. The van der Waals surface area contributed by atoms with E-state index in [4.69, 9.17) is 21.3 Å². The number of H-pyrrole nitrogens is 1. The summed E-state index contributed by atoms with van der Waals surface area (Å²) in [6.07, 6.45) is -6.13. The molecule has 2 aromatic rings. The number of aliphatic hydroxyl groups excluding tert-OH is 3. The summed E-state index contributed by atoms with van der Waals surface area (Å²) in [5.41, 5.74) is 0.856. The first-order valence-electron chi connectivity index (χ1n) is 6.78.